The average molecular weight is 443 g/mol. The van der Waals surface area contributed by atoms with Gasteiger partial charge >= 0.3 is 5.97 Å². The number of aryl methyl sites for hydroxylation is 1. The van der Waals surface area contributed by atoms with Gasteiger partial charge in [0, 0.05) is 16.6 Å². The maximum Gasteiger partial charge on any atom is 0.305 e. The van der Waals surface area contributed by atoms with E-state index in [-0.39, 0.29) is 18.1 Å². The number of benzene rings is 2. The minimum atomic E-state index is -1.01. The Balaban J connectivity index is 1.80. The monoisotopic (exact) mass is 443 g/mol. The van der Waals surface area contributed by atoms with Crippen LogP contribution in [0.3, 0.4) is 0 Å². The van der Waals surface area contributed by atoms with Crippen molar-refractivity contribution in [2.45, 2.75) is 25.8 Å². The summed E-state index contributed by atoms with van der Waals surface area (Å²) in [4.78, 5) is 27.2. The van der Waals surface area contributed by atoms with Crippen LogP contribution in [0.5, 0.6) is 11.5 Å². The van der Waals surface area contributed by atoms with Crippen molar-refractivity contribution in [3.8, 4) is 11.5 Å². The van der Waals surface area contributed by atoms with Crippen molar-refractivity contribution in [1.82, 2.24) is 4.90 Å². The average Bonchev–Trinajstić information content (AvgIpc) is 3.09. The van der Waals surface area contributed by atoms with Crippen molar-refractivity contribution in [1.29, 1.82) is 0 Å². The van der Waals surface area contributed by atoms with Crippen molar-refractivity contribution >= 4 is 33.3 Å². The maximum atomic E-state index is 14.3. The summed E-state index contributed by atoms with van der Waals surface area (Å²) in [7, 11) is 3.05. The molecule has 31 heavy (non-hydrogen) atoms. The fourth-order valence-corrected chi connectivity index (χ4v) is 5.42. The van der Waals surface area contributed by atoms with E-state index in [1.807, 2.05) is 6.07 Å². The Hall–Kier alpha value is -3.13. The molecule has 1 unspecified atom stereocenters. The number of rotatable bonds is 5. The number of fused-ring (bicyclic) bond motifs is 2. The van der Waals surface area contributed by atoms with Gasteiger partial charge in [0.2, 0.25) is 0 Å². The van der Waals surface area contributed by atoms with Gasteiger partial charge in [-0.25, -0.2) is 4.39 Å². The number of halogens is 1. The SMILES string of the molecule is COc1cc2c(cc1OC)C(CC(=O)O)N(C(=O)c1sc3cccc(F)c3c1C)CC2. The number of carboxylic acid groups (broad SMARTS) is 1. The number of ether oxygens (including phenoxy) is 2. The minimum Gasteiger partial charge on any atom is -0.493 e. The summed E-state index contributed by atoms with van der Waals surface area (Å²) in [5.74, 6) is -0.625. The second kappa shape index (κ2) is 8.19. The predicted octanol–water partition coefficient (Wildman–Crippen LogP) is 4.58. The Labute approximate surface area is 182 Å². The van der Waals surface area contributed by atoms with E-state index < -0.39 is 12.0 Å². The molecule has 1 atom stereocenters. The molecule has 1 aliphatic rings. The van der Waals surface area contributed by atoms with Crippen molar-refractivity contribution in [3.05, 3.63) is 57.7 Å². The zero-order chi connectivity index (χ0) is 22.3. The molecular formula is C23H22FNO5S. The number of carbonyl (C=O) groups is 2. The molecule has 1 amide bonds. The number of hydrogen-bond acceptors (Lipinski definition) is 5. The van der Waals surface area contributed by atoms with Gasteiger partial charge in [0.15, 0.2) is 11.5 Å². The summed E-state index contributed by atoms with van der Waals surface area (Å²) in [6.07, 6.45) is 0.308. The van der Waals surface area contributed by atoms with Gasteiger partial charge in [-0.05, 0) is 54.3 Å². The molecule has 162 valence electrons. The van der Waals surface area contributed by atoms with E-state index in [4.69, 9.17) is 9.47 Å². The van der Waals surface area contributed by atoms with Crippen LogP contribution in [-0.2, 0) is 11.2 Å². The van der Waals surface area contributed by atoms with E-state index >= 15 is 0 Å². The molecule has 0 bridgehead atoms. The Bertz CT molecular complexity index is 1190. The smallest absolute Gasteiger partial charge is 0.305 e. The van der Waals surface area contributed by atoms with Crippen molar-refractivity contribution in [3.63, 3.8) is 0 Å². The summed E-state index contributed by atoms with van der Waals surface area (Å²) in [5, 5.41) is 9.99. The molecular weight excluding hydrogens is 421 g/mol. The highest BCUT2D eigenvalue weighted by molar-refractivity contribution is 7.21. The third-order valence-corrected chi connectivity index (χ3v) is 6.97. The lowest BCUT2D eigenvalue weighted by Gasteiger charge is -2.37. The molecule has 0 spiro atoms. The van der Waals surface area contributed by atoms with Crippen LogP contribution < -0.4 is 9.47 Å². The number of amides is 1. The third kappa shape index (κ3) is 3.61. The molecule has 0 saturated carbocycles. The highest BCUT2D eigenvalue weighted by Gasteiger charge is 2.35. The Morgan fingerprint density at radius 3 is 2.58 bits per heavy atom. The van der Waals surface area contributed by atoms with E-state index in [2.05, 4.69) is 0 Å². The molecule has 4 rings (SSSR count). The van der Waals surface area contributed by atoms with Gasteiger partial charge < -0.3 is 19.5 Å². The molecule has 0 fully saturated rings. The highest BCUT2D eigenvalue weighted by atomic mass is 32.1. The maximum absolute atomic E-state index is 14.3. The van der Waals surface area contributed by atoms with Crippen LogP contribution >= 0.6 is 11.3 Å². The molecule has 1 aromatic heterocycles. The van der Waals surface area contributed by atoms with Crippen LogP contribution in [0.15, 0.2) is 30.3 Å². The molecule has 8 heteroatoms. The van der Waals surface area contributed by atoms with Gasteiger partial charge in [-0.2, -0.15) is 0 Å². The van der Waals surface area contributed by atoms with Crippen LogP contribution in [-0.4, -0.2) is 42.6 Å². The van der Waals surface area contributed by atoms with E-state index in [1.54, 1.807) is 37.1 Å². The molecule has 2 heterocycles. The summed E-state index contributed by atoms with van der Waals surface area (Å²) in [6.45, 7) is 2.09. The number of nitrogens with zero attached hydrogens (tertiary/aromatic N) is 1. The lowest BCUT2D eigenvalue weighted by atomic mass is 9.89. The molecule has 3 aromatic rings. The van der Waals surface area contributed by atoms with E-state index in [0.29, 0.717) is 45.0 Å². The number of hydrogen-bond donors (Lipinski definition) is 1. The number of methoxy groups -OCH3 is 2. The normalized spacial score (nSPS) is 15.6. The first-order valence-corrected chi connectivity index (χ1v) is 10.6. The molecule has 2 aromatic carbocycles. The summed E-state index contributed by atoms with van der Waals surface area (Å²) < 4.78 is 25.8. The standard InChI is InChI=1S/C23H22FNO5S/c1-12-21-15(24)5-4-6-19(21)31-22(12)23(28)25-8-7-13-9-17(29-2)18(30-3)10-14(13)16(25)11-20(26)27/h4-6,9-10,16H,7-8,11H2,1-3H3,(H,26,27). The van der Waals surface area contributed by atoms with Gasteiger partial charge in [-0.1, -0.05) is 6.07 Å². The zero-order valence-electron chi connectivity index (χ0n) is 17.4. The predicted molar refractivity (Wildman–Crippen MR) is 116 cm³/mol. The first-order chi connectivity index (χ1) is 14.8. The van der Waals surface area contributed by atoms with Crippen LogP contribution in [0, 0.1) is 12.7 Å². The fraction of sp³-hybridized carbons (Fsp3) is 0.304. The van der Waals surface area contributed by atoms with E-state index in [0.717, 1.165) is 11.1 Å². The van der Waals surface area contributed by atoms with E-state index in [1.165, 1.54) is 24.5 Å². The van der Waals surface area contributed by atoms with Crippen molar-refractivity contribution < 1.29 is 28.6 Å². The van der Waals surface area contributed by atoms with Crippen molar-refractivity contribution in [2.75, 3.05) is 20.8 Å². The quantitative estimate of drug-likeness (QED) is 0.625. The first kappa shape index (κ1) is 21.1. The van der Waals surface area contributed by atoms with Crippen LogP contribution in [0.1, 0.15) is 38.8 Å². The fourth-order valence-electron chi connectivity index (χ4n) is 4.24. The highest BCUT2D eigenvalue weighted by Crippen LogP contribution is 2.41. The summed E-state index contributed by atoms with van der Waals surface area (Å²) in [5.41, 5.74) is 2.23. The van der Waals surface area contributed by atoms with E-state index in [9.17, 15) is 19.1 Å². The summed E-state index contributed by atoms with van der Waals surface area (Å²) in [6, 6.07) is 7.70. The van der Waals surface area contributed by atoms with Gasteiger partial charge in [-0.15, -0.1) is 11.3 Å². The number of carbonyl (C=O) groups excluding carboxylic acids is 1. The zero-order valence-corrected chi connectivity index (χ0v) is 18.2. The minimum absolute atomic E-state index is 0.244. The molecule has 0 saturated heterocycles. The second-order valence-electron chi connectivity index (χ2n) is 7.44. The molecule has 0 aliphatic carbocycles. The number of carboxylic acids is 1. The molecule has 0 radical (unpaired) electrons. The first-order valence-electron chi connectivity index (χ1n) is 9.80. The van der Waals surface area contributed by atoms with Gasteiger partial charge in [-0.3, -0.25) is 9.59 Å². The van der Waals surface area contributed by atoms with Gasteiger partial charge in [0.1, 0.15) is 5.82 Å². The molecule has 6 nitrogen and oxygen atoms in total. The Kier molecular flexibility index (Phi) is 5.58. The van der Waals surface area contributed by atoms with Crippen LogP contribution in [0.2, 0.25) is 0 Å². The van der Waals surface area contributed by atoms with Gasteiger partial charge in [0.05, 0.1) is 31.6 Å². The van der Waals surface area contributed by atoms with Crippen LogP contribution in [0.25, 0.3) is 10.1 Å². The van der Waals surface area contributed by atoms with Gasteiger partial charge in [0.25, 0.3) is 5.91 Å². The Morgan fingerprint density at radius 2 is 1.94 bits per heavy atom. The lowest BCUT2D eigenvalue weighted by Crippen LogP contribution is -2.41. The molecule has 1 aliphatic heterocycles. The summed E-state index contributed by atoms with van der Waals surface area (Å²) >= 11 is 1.23. The largest absolute Gasteiger partial charge is 0.493 e. The lowest BCUT2D eigenvalue weighted by molar-refractivity contribution is -0.138. The third-order valence-electron chi connectivity index (χ3n) is 5.73. The number of thiophene rings is 1. The van der Waals surface area contributed by atoms with Crippen molar-refractivity contribution in [2.24, 2.45) is 0 Å². The Morgan fingerprint density at radius 1 is 1.23 bits per heavy atom. The molecule has 1 N–H and O–H groups in total. The topological polar surface area (TPSA) is 76.1 Å². The second-order valence-corrected chi connectivity index (χ2v) is 8.49. The number of aliphatic carboxylic acids is 1. The van der Waals surface area contributed by atoms with Crippen LogP contribution in [0.4, 0.5) is 4.39 Å².